The smallest absolute Gasteiger partial charge is 0.236 e. The van der Waals surface area contributed by atoms with E-state index < -0.39 is 0 Å². The maximum atomic E-state index is 11.7. The van der Waals surface area contributed by atoms with Gasteiger partial charge in [0.05, 0.1) is 12.6 Å². The Morgan fingerprint density at radius 3 is 2.89 bits per heavy atom. The first-order chi connectivity index (χ1) is 8.63. The molecule has 0 radical (unpaired) electrons. The number of nitrogens with one attached hydrogen (secondary N) is 2. The molecule has 0 aromatic carbocycles. The Morgan fingerprint density at radius 2 is 2.22 bits per heavy atom. The highest BCUT2D eigenvalue weighted by Crippen LogP contribution is 2.27. The summed E-state index contributed by atoms with van der Waals surface area (Å²) in [7, 11) is 1.64. The zero-order chi connectivity index (χ0) is 13.4. The van der Waals surface area contributed by atoms with Crippen molar-refractivity contribution >= 4 is 5.91 Å². The van der Waals surface area contributed by atoms with Crippen molar-refractivity contribution in [3.8, 4) is 0 Å². The van der Waals surface area contributed by atoms with Crippen LogP contribution in [0.4, 0.5) is 0 Å². The second-order valence-electron chi connectivity index (χ2n) is 5.55. The molecule has 18 heavy (non-hydrogen) atoms. The van der Waals surface area contributed by atoms with Crippen molar-refractivity contribution in [2.24, 2.45) is 11.8 Å². The van der Waals surface area contributed by atoms with E-state index in [1.807, 2.05) is 6.92 Å². The molecule has 3 atom stereocenters. The van der Waals surface area contributed by atoms with Gasteiger partial charge >= 0.3 is 0 Å². The van der Waals surface area contributed by atoms with Gasteiger partial charge in [-0.25, -0.2) is 0 Å². The highest BCUT2D eigenvalue weighted by Gasteiger charge is 2.20. The van der Waals surface area contributed by atoms with E-state index in [0.29, 0.717) is 13.2 Å². The molecule has 1 rings (SSSR count). The van der Waals surface area contributed by atoms with E-state index in [4.69, 9.17) is 4.74 Å². The van der Waals surface area contributed by atoms with Crippen LogP contribution in [0.15, 0.2) is 0 Å². The maximum absolute atomic E-state index is 11.7. The minimum absolute atomic E-state index is 0.0657. The lowest BCUT2D eigenvalue weighted by molar-refractivity contribution is -0.123. The van der Waals surface area contributed by atoms with Crippen LogP contribution in [0.25, 0.3) is 0 Å². The van der Waals surface area contributed by atoms with E-state index >= 15 is 0 Å². The summed E-state index contributed by atoms with van der Waals surface area (Å²) in [5, 5.41) is 6.20. The van der Waals surface area contributed by atoms with Crippen LogP contribution in [-0.2, 0) is 9.53 Å². The van der Waals surface area contributed by atoms with Crippen LogP contribution in [0.1, 0.15) is 39.5 Å². The van der Waals surface area contributed by atoms with E-state index in [0.717, 1.165) is 18.4 Å². The number of amides is 1. The number of methoxy groups -OCH3 is 1. The van der Waals surface area contributed by atoms with Gasteiger partial charge in [-0.2, -0.15) is 0 Å². The van der Waals surface area contributed by atoms with Crippen molar-refractivity contribution in [1.29, 1.82) is 0 Å². The standard InChI is InChI=1S/C14H28N2O2/c1-11-5-4-6-13(9-11)10-16-12(2)14(17)15-7-8-18-3/h11-13,16H,4-10H2,1-3H3,(H,15,17). The molecular formula is C14H28N2O2. The number of hydrogen-bond donors (Lipinski definition) is 2. The second kappa shape index (κ2) is 8.48. The highest BCUT2D eigenvalue weighted by atomic mass is 16.5. The Kier molecular flexibility index (Phi) is 7.28. The van der Waals surface area contributed by atoms with Gasteiger partial charge in [-0.3, -0.25) is 4.79 Å². The number of hydrogen-bond acceptors (Lipinski definition) is 3. The lowest BCUT2D eigenvalue weighted by Crippen LogP contribution is -2.45. The van der Waals surface area contributed by atoms with Crippen molar-refractivity contribution in [3.63, 3.8) is 0 Å². The fourth-order valence-electron chi connectivity index (χ4n) is 2.61. The van der Waals surface area contributed by atoms with E-state index in [-0.39, 0.29) is 11.9 Å². The Labute approximate surface area is 111 Å². The topological polar surface area (TPSA) is 50.4 Å². The molecule has 0 saturated heterocycles. The molecule has 4 heteroatoms. The number of rotatable bonds is 7. The first-order valence-corrected chi connectivity index (χ1v) is 7.13. The van der Waals surface area contributed by atoms with Gasteiger partial charge < -0.3 is 15.4 Å². The molecule has 4 nitrogen and oxygen atoms in total. The highest BCUT2D eigenvalue weighted by molar-refractivity contribution is 5.81. The van der Waals surface area contributed by atoms with E-state index in [1.54, 1.807) is 7.11 Å². The third kappa shape index (κ3) is 5.83. The summed E-state index contributed by atoms with van der Waals surface area (Å²) in [6.07, 6.45) is 5.30. The predicted octanol–water partition coefficient (Wildman–Crippen LogP) is 1.55. The van der Waals surface area contributed by atoms with Crippen LogP contribution >= 0.6 is 0 Å². The molecule has 0 heterocycles. The van der Waals surface area contributed by atoms with Crippen LogP contribution < -0.4 is 10.6 Å². The molecule has 1 fully saturated rings. The van der Waals surface area contributed by atoms with Crippen LogP contribution in [0.3, 0.4) is 0 Å². The van der Waals surface area contributed by atoms with Crippen LogP contribution in [-0.4, -0.2) is 38.8 Å². The predicted molar refractivity (Wildman–Crippen MR) is 73.5 cm³/mol. The number of carbonyl (C=O) groups is 1. The van der Waals surface area contributed by atoms with Crippen molar-refractivity contribution in [1.82, 2.24) is 10.6 Å². The van der Waals surface area contributed by atoms with Gasteiger partial charge in [0.15, 0.2) is 0 Å². The molecule has 0 aromatic rings. The molecule has 0 aromatic heterocycles. The quantitative estimate of drug-likeness (QED) is 0.680. The molecule has 0 spiro atoms. The van der Waals surface area contributed by atoms with Crippen molar-refractivity contribution in [3.05, 3.63) is 0 Å². The van der Waals surface area contributed by atoms with Gasteiger partial charge in [0.2, 0.25) is 5.91 Å². The largest absolute Gasteiger partial charge is 0.383 e. The van der Waals surface area contributed by atoms with Gasteiger partial charge in [0.1, 0.15) is 0 Å². The van der Waals surface area contributed by atoms with Gasteiger partial charge in [0, 0.05) is 13.7 Å². The third-order valence-electron chi connectivity index (χ3n) is 3.76. The molecule has 2 N–H and O–H groups in total. The summed E-state index contributed by atoms with van der Waals surface area (Å²) in [5.74, 6) is 1.65. The zero-order valence-electron chi connectivity index (χ0n) is 12.0. The Bertz CT molecular complexity index is 246. The van der Waals surface area contributed by atoms with Crippen LogP contribution in [0.5, 0.6) is 0 Å². The SMILES string of the molecule is COCCNC(=O)C(C)NCC1CCCC(C)C1. The molecule has 1 aliphatic carbocycles. The summed E-state index contributed by atoms with van der Waals surface area (Å²) >= 11 is 0. The Hall–Kier alpha value is -0.610. The minimum Gasteiger partial charge on any atom is -0.383 e. The number of ether oxygens (including phenoxy) is 1. The van der Waals surface area contributed by atoms with Gasteiger partial charge in [0.25, 0.3) is 0 Å². The van der Waals surface area contributed by atoms with Crippen molar-refractivity contribution < 1.29 is 9.53 Å². The van der Waals surface area contributed by atoms with E-state index in [1.165, 1.54) is 25.7 Å². The second-order valence-corrected chi connectivity index (χ2v) is 5.55. The third-order valence-corrected chi connectivity index (χ3v) is 3.76. The molecule has 1 saturated carbocycles. The van der Waals surface area contributed by atoms with Crippen molar-refractivity contribution in [2.75, 3.05) is 26.8 Å². The van der Waals surface area contributed by atoms with Crippen LogP contribution in [0.2, 0.25) is 0 Å². The molecule has 1 amide bonds. The number of carbonyl (C=O) groups excluding carboxylic acids is 1. The average molecular weight is 256 g/mol. The summed E-state index contributed by atoms with van der Waals surface area (Å²) in [6, 6.07) is -0.112. The minimum atomic E-state index is -0.112. The lowest BCUT2D eigenvalue weighted by atomic mass is 9.82. The van der Waals surface area contributed by atoms with Gasteiger partial charge in [-0.05, 0) is 38.1 Å². The average Bonchev–Trinajstić information content (AvgIpc) is 2.36. The maximum Gasteiger partial charge on any atom is 0.236 e. The van der Waals surface area contributed by atoms with Gasteiger partial charge in [-0.1, -0.05) is 19.8 Å². The van der Waals surface area contributed by atoms with E-state index in [2.05, 4.69) is 17.6 Å². The zero-order valence-corrected chi connectivity index (χ0v) is 12.0. The summed E-state index contributed by atoms with van der Waals surface area (Å²) in [6.45, 7) is 6.37. The summed E-state index contributed by atoms with van der Waals surface area (Å²) < 4.78 is 4.90. The first kappa shape index (κ1) is 15.4. The molecular weight excluding hydrogens is 228 g/mol. The monoisotopic (exact) mass is 256 g/mol. The Balaban J connectivity index is 2.15. The van der Waals surface area contributed by atoms with Crippen LogP contribution in [0, 0.1) is 11.8 Å². The first-order valence-electron chi connectivity index (χ1n) is 7.13. The van der Waals surface area contributed by atoms with Gasteiger partial charge in [-0.15, -0.1) is 0 Å². The normalized spacial score (nSPS) is 25.7. The summed E-state index contributed by atoms with van der Waals surface area (Å²) in [4.78, 5) is 11.7. The van der Waals surface area contributed by atoms with Crippen molar-refractivity contribution in [2.45, 2.75) is 45.6 Å². The summed E-state index contributed by atoms with van der Waals surface area (Å²) in [5.41, 5.74) is 0. The fraction of sp³-hybridized carbons (Fsp3) is 0.929. The lowest BCUT2D eigenvalue weighted by Gasteiger charge is -2.27. The fourth-order valence-corrected chi connectivity index (χ4v) is 2.61. The molecule has 1 aliphatic rings. The molecule has 3 unspecified atom stereocenters. The Morgan fingerprint density at radius 1 is 1.44 bits per heavy atom. The van der Waals surface area contributed by atoms with E-state index in [9.17, 15) is 4.79 Å². The molecule has 106 valence electrons. The molecule has 0 bridgehead atoms. The molecule has 0 aliphatic heterocycles.